The summed E-state index contributed by atoms with van der Waals surface area (Å²) in [5.74, 6) is -0.585. The highest BCUT2D eigenvalue weighted by atomic mass is 35.5. The molecule has 0 spiro atoms. The number of carbonyl (C=O) groups is 1. The van der Waals surface area contributed by atoms with Gasteiger partial charge in [-0.15, -0.1) is 0 Å². The Morgan fingerprint density at radius 2 is 2.00 bits per heavy atom. The van der Waals surface area contributed by atoms with Crippen molar-refractivity contribution in [3.8, 4) is 16.9 Å². The van der Waals surface area contributed by atoms with Gasteiger partial charge in [-0.2, -0.15) is 0 Å². The fourth-order valence-corrected chi connectivity index (χ4v) is 5.50. The highest BCUT2D eigenvalue weighted by molar-refractivity contribution is 7.89. The quantitative estimate of drug-likeness (QED) is 0.475. The van der Waals surface area contributed by atoms with Crippen molar-refractivity contribution in [2.45, 2.75) is 37.1 Å². The first-order valence-electron chi connectivity index (χ1n) is 10.5. The second kappa shape index (κ2) is 9.51. The molecule has 1 heterocycles. The Morgan fingerprint density at radius 3 is 2.73 bits per heavy atom. The van der Waals surface area contributed by atoms with Gasteiger partial charge in [0.2, 0.25) is 10.0 Å². The summed E-state index contributed by atoms with van der Waals surface area (Å²) in [6.45, 7) is 1.47. The number of benzene rings is 2. The number of fused-ring (bicyclic) bond motifs is 1. The van der Waals surface area contributed by atoms with Crippen molar-refractivity contribution in [1.82, 2.24) is 9.71 Å². The molecule has 2 aromatic carbocycles. The zero-order valence-corrected chi connectivity index (χ0v) is 19.5. The number of halogens is 1. The van der Waals surface area contributed by atoms with Crippen LogP contribution in [-0.2, 0) is 21.2 Å². The van der Waals surface area contributed by atoms with Crippen molar-refractivity contribution in [2.24, 2.45) is 0 Å². The third-order valence-electron chi connectivity index (χ3n) is 5.56. The van der Waals surface area contributed by atoms with E-state index in [0.717, 1.165) is 34.2 Å². The normalized spacial score (nSPS) is 15.6. The van der Waals surface area contributed by atoms with Gasteiger partial charge < -0.3 is 9.84 Å². The molecule has 0 bridgehead atoms. The Hall–Kier alpha value is -2.94. The first-order chi connectivity index (χ1) is 15.7. The maximum absolute atomic E-state index is 13.1. The standard InChI is InChI=1S/C24H23ClN2O5S/c1-15-12-20(24(25)26-13-15)16-8-10-17(11-9-16)33(30,31)27-21-6-2-5-19-18(21)4-3-7-22(19)32-14-23(28)29/h3-4,7-13,21,27H,2,5-6,14H2,1H3,(H,28,29). The number of nitrogens with one attached hydrogen (secondary N) is 1. The summed E-state index contributed by atoms with van der Waals surface area (Å²) in [4.78, 5) is 15.2. The molecule has 1 aliphatic carbocycles. The summed E-state index contributed by atoms with van der Waals surface area (Å²) < 4.78 is 34.5. The van der Waals surface area contributed by atoms with Crippen LogP contribution in [0.25, 0.3) is 11.1 Å². The molecule has 1 aliphatic rings. The van der Waals surface area contributed by atoms with E-state index in [4.69, 9.17) is 21.4 Å². The van der Waals surface area contributed by atoms with Crippen LogP contribution in [0.1, 0.15) is 35.6 Å². The third kappa shape index (κ3) is 5.19. The fraction of sp³-hybridized carbons (Fsp3) is 0.250. The molecule has 0 fully saturated rings. The molecule has 0 amide bonds. The van der Waals surface area contributed by atoms with Gasteiger partial charge in [0.25, 0.3) is 0 Å². The Balaban J connectivity index is 1.57. The van der Waals surface area contributed by atoms with E-state index in [9.17, 15) is 13.2 Å². The molecule has 0 aliphatic heterocycles. The minimum absolute atomic E-state index is 0.147. The van der Waals surface area contributed by atoms with Crippen LogP contribution in [0.5, 0.6) is 5.75 Å². The van der Waals surface area contributed by atoms with Gasteiger partial charge in [-0.25, -0.2) is 22.9 Å². The number of sulfonamides is 1. The van der Waals surface area contributed by atoms with Gasteiger partial charge in [0.15, 0.2) is 6.61 Å². The second-order valence-electron chi connectivity index (χ2n) is 7.95. The number of carboxylic acids is 1. The fourth-order valence-electron chi connectivity index (χ4n) is 4.04. The van der Waals surface area contributed by atoms with Crippen LogP contribution in [0.15, 0.2) is 59.6 Å². The Morgan fingerprint density at radius 1 is 1.24 bits per heavy atom. The van der Waals surface area contributed by atoms with E-state index in [1.165, 1.54) is 0 Å². The SMILES string of the molecule is Cc1cnc(Cl)c(-c2ccc(S(=O)(=O)NC3CCCc4c(OCC(=O)O)cccc43)cc2)c1. The molecule has 0 saturated carbocycles. The van der Waals surface area contributed by atoms with E-state index in [0.29, 0.717) is 23.7 Å². The molecule has 1 atom stereocenters. The Kier molecular flexibility index (Phi) is 6.69. The summed E-state index contributed by atoms with van der Waals surface area (Å²) in [6, 6.07) is 13.3. The molecule has 0 radical (unpaired) electrons. The highest BCUT2D eigenvalue weighted by Gasteiger charge is 2.27. The summed E-state index contributed by atoms with van der Waals surface area (Å²) in [7, 11) is -3.79. The summed E-state index contributed by atoms with van der Waals surface area (Å²) in [5, 5.41) is 9.26. The molecular formula is C24H23ClN2O5S. The highest BCUT2D eigenvalue weighted by Crippen LogP contribution is 2.36. The first-order valence-corrected chi connectivity index (χ1v) is 12.3. The molecule has 7 nitrogen and oxygen atoms in total. The Bertz CT molecular complexity index is 1290. The van der Waals surface area contributed by atoms with E-state index in [1.807, 2.05) is 19.1 Å². The predicted molar refractivity (Wildman–Crippen MR) is 125 cm³/mol. The number of hydrogen-bond donors (Lipinski definition) is 2. The number of aryl methyl sites for hydroxylation is 1. The maximum Gasteiger partial charge on any atom is 0.341 e. The number of aliphatic carboxylic acids is 1. The molecule has 33 heavy (non-hydrogen) atoms. The van der Waals surface area contributed by atoms with Crippen molar-refractivity contribution in [2.75, 3.05) is 6.61 Å². The molecular weight excluding hydrogens is 464 g/mol. The molecule has 0 saturated heterocycles. The monoisotopic (exact) mass is 486 g/mol. The number of nitrogens with zero attached hydrogens (tertiary/aromatic N) is 1. The first kappa shape index (κ1) is 23.2. The zero-order valence-electron chi connectivity index (χ0n) is 17.9. The van der Waals surface area contributed by atoms with Gasteiger partial charge >= 0.3 is 5.97 Å². The van der Waals surface area contributed by atoms with Crippen LogP contribution in [0.2, 0.25) is 5.15 Å². The van der Waals surface area contributed by atoms with E-state index in [-0.39, 0.29) is 4.90 Å². The zero-order chi connectivity index (χ0) is 23.6. The van der Waals surface area contributed by atoms with Crippen LogP contribution in [0.4, 0.5) is 0 Å². The predicted octanol–water partition coefficient (Wildman–Crippen LogP) is 4.53. The van der Waals surface area contributed by atoms with Crippen LogP contribution in [0.3, 0.4) is 0 Å². The number of ether oxygens (including phenoxy) is 1. The van der Waals surface area contributed by atoms with Crippen molar-refractivity contribution < 1.29 is 23.1 Å². The molecule has 1 aromatic heterocycles. The molecule has 9 heteroatoms. The number of pyridine rings is 1. The van der Waals surface area contributed by atoms with Crippen LogP contribution < -0.4 is 9.46 Å². The van der Waals surface area contributed by atoms with Gasteiger partial charge in [0, 0.05) is 17.8 Å². The van der Waals surface area contributed by atoms with Gasteiger partial charge in [-0.1, -0.05) is 35.9 Å². The number of hydrogen-bond acceptors (Lipinski definition) is 5. The van der Waals surface area contributed by atoms with Gasteiger partial charge in [0.05, 0.1) is 4.90 Å². The lowest BCUT2D eigenvalue weighted by Crippen LogP contribution is -2.31. The topological polar surface area (TPSA) is 106 Å². The van der Waals surface area contributed by atoms with Crippen molar-refractivity contribution in [3.05, 3.63) is 76.6 Å². The maximum atomic E-state index is 13.1. The van der Waals surface area contributed by atoms with Crippen LogP contribution in [-0.4, -0.2) is 31.1 Å². The number of rotatable bonds is 7. The van der Waals surface area contributed by atoms with Crippen molar-refractivity contribution in [1.29, 1.82) is 0 Å². The van der Waals surface area contributed by atoms with Gasteiger partial charge in [-0.05, 0) is 72.7 Å². The lowest BCUT2D eigenvalue weighted by atomic mass is 9.87. The largest absolute Gasteiger partial charge is 0.482 e. The summed E-state index contributed by atoms with van der Waals surface area (Å²) in [5.41, 5.74) is 4.12. The smallest absolute Gasteiger partial charge is 0.341 e. The molecule has 3 aromatic rings. The number of aromatic nitrogens is 1. The third-order valence-corrected chi connectivity index (χ3v) is 7.35. The molecule has 2 N–H and O–H groups in total. The Labute approximate surface area is 197 Å². The minimum Gasteiger partial charge on any atom is -0.482 e. The van der Waals surface area contributed by atoms with Gasteiger partial charge in [0.1, 0.15) is 10.9 Å². The van der Waals surface area contributed by atoms with E-state index in [2.05, 4.69) is 9.71 Å². The van der Waals surface area contributed by atoms with Crippen molar-refractivity contribution in [3.63, 3.8) is 0 Å². The van der Waals surface area contributed by atoms with E-state index >= 15 is 0 Å². The van der Waals surface area contributed by atoms with E-state index in [1.54, 1.807) is 42.6 Å². The van der Waals surface area contributed by atoms with Crippen LogP contribution >= 0.6 is 11.6 Å². The number of carboxylic acid groups (broad SMARTS) is 1. The van der Waals surface area contributed by atoms with Gasteiger partial charge in [-0.3, -0.25) is 0 Å². The molecule has 1 unspecified atom stereocenters. The summed E-state index contributed by atoms with van der Waals surface area (Å²) >= 11 is 6.21. The molecule has 4 rings (SSSR count). The average molecular weight is 487 g/mol. The summed E-state index contributed by atoms with van der Waals surface area (Å²) in [6.07, 6.45) is 3.76. The minimum atomic E-state index is -3.79. The van der Waals surface area contributed by atoms with Crippen LogP contribution in [0, 0.1) is 6.92 Å². The average Bonchev–Trinajstić information content (AvgIpc) is 2.79. The van der Waals surface area contributed by atoms with E-state index < -0.39 is 28.6 Å². The lowest BCUT2D eigenvalue weighted by Gasteiger charge is -2.27. The second-order valence-corrected chi connectivity index (χ2v) is 10.0. The molecule has 172 valence electrons. The van der Waals surface area contributed by atoms with Crippen molar-refractivity contribution >= 4 is 27.6 Å². The lowest BCUT2D eigenvalue weighted by molar-refractivity contribution is -0.139.